The largest absolute Gasteiger partial charge is 0.494 e. The topological polar surface area (TPSA) is 85.9 Å². The fraction of sp³-hybridized carbons (Fsp3) is 0.536. The SMILES string of the molecule is CCCCCCCN1C(=C=Cc2c(O)n(CC)c(=O)n(CC)c2=O)C(C)(C)c2cc(SOOC)ccc21. The lowest BCUT2D eigenvalue weighted by molar-refractivity contribution is -0.160. The smallest absolute Gasteiger partial charge is 0.333 e. The van der Waals surface area contributed by atoms with Crippen LogP contribution in [0.15, 0.2) is 44.1 Å². The Labute approximate surface area is 223 Å². The summed E-state index contributed by atoms with van der Waals surface area (Å²) < 4.78 is 7.42. The van der Waals surface area contributed by atoms with Crippen molar-refractivity contribution in [2.24, 2.45) is 0 Å². The summed E-state index contributed by atoms with van der Waals surface area (Å²) in [6.07, 6.45) is 7.31. The maximum absolute atomic E-state index is 13.1. The predicted octanol–water partition coefficient (Wildman–Crippen LogP) is 5.60. The van der Waals surface area contributed by atoms with E-state index in [0.717, 1.165) is 57.8 Å². The van der Waals surface area contributed by atoms with Crippen LogP contribution in [-0.2, 0) is 27.7 Å². The molecule has 0 atom stereocenters. The Balaban J connectivity index is 2.14. The number of allylic oxidation sites excluding steroid dienone is 1. The number of benzene rings is 1. The molecule has 2 aromatic rings. The van der Waals surface area contributed by atoms with Gasteiger partial charge in [0.1, 0.15) is 5.56 Å². The van der Waals surface area contributed by atoms with Crippen LogP contribution in [0.4, 0.5) is 5.69 Å². The summed E-state index contributed by atoms with van der Waals surface area (Å²) in [4.78, 5) is 33.6. The van der Waals surface area contributed by atoms with Crippen LogP contribution in [0.5, 0.6) is 5.88 Å². The number of aromatic nitrogens is 2. The lowest BCUT2D eigenvalue weighted by atomic mass is 9.84. The van der Waals surface area contributed by atoms with E-state index in [0.29, 0.717) is 0 Å². The Morgan fingerprint density at radius 2 is 1.76 bits per heavy atom. The summed E-state index contributed by atoms with van der Waals surface area (Å²) >= 11 is 1.15. The number of aromatic hydroxyl groups is 1. The molecule has 2 heterocycles. The minimum absolute atomic E-state index is 0.0650. The predicted molar refractivity (Wildman–Crippen MR) is 149 cm³/mol. The van der Waals surface area contributed by atoms with Crippen molar-refractivity contribution in [1.82, 2.24) is 9.13 Å². The number of unbranched alkanes of at least 4 members (excludes halogenated alkanes) is 4. The van der Waals surface area contributed by atoms with Crippen LogP contribution < -0.4 is 16.1 Å². The van der Waals surface area contributed by atoms with Gasteiger partial charge in [0.15, 0.2) is 0 Å². The molecule has 202 valence electrons. The van der Waals surface area contributed by atoms with Crippen molar-refractivity contribution in [2.75, 3.05) is 18.6 Å². The first-order chi connectivity index (χ1) is 17.7. The highest BCUT2D eigenvalue weighted by molar-refractivity contribution is 7.94. The van der Waals surface area contributed by atoms with Gasteiger partial charge in [-0.2, -0.15) is 4.33 Å². The Morgan fingerprint density at radius 1 is 1.05 bits per heavy atom. The molecular formula is C28H39N3O5S. The van der Waals surface area contributed by atoms with Gasteiger partial charge in [-0.1, -0.05) is 38.3 Å². The highest BCUT2D eigenvalue weighted by atomic mass is 32.2. The third kappa shape index (κ3) is 5.91. The lowest BCUT2D eigenvalue weighted by Crippen LogP contribution is -2.40. The van der Waals surface area contributed by atoms with E-state index in [4.69, 9.17) is 9.22 Å². The summed E-state index contributed by atoms with van der Waals surface area (Å²) in [5.41, 5.74) is 5.11. The van der Waals surface area contributed by atoms with Crippen LogP contribution in [0.25, 0.3) is 6.08 Å². The van der Waals surface area contributed by atoms with E-state index in [2.05, 4.69) is 43.5 Å². The molecule has 1 aliphatic heterocycles. The molecule has 3 rings (SSSR count). The van der Waals surface area contributed by atoms with Gasteiger partial charge in [0.05, 0.1) is 24.8 Å². The number of anilines is 1. The van der Waals surface area contributed by atoms with Crippen LogP contribution >= 0.6 is 12.0 Å². The number of fused-ring (bicyclic) bond motifs is 1. The van der Waals surface area contributed by atoms with Crippen LogP contribution in [0.2, 0.25) is 0 Å². The zero-order valence-corrected chi connectivity index (χ0v) is 23.6. The van der Waals surface area contributed by atoms with Crippen molar-refractivity contribution < 1.29 is 14.3 Å². The van der Waals surface area contributed by atoms with Crippen LogP contribution in [0, 0.1) is 0 Å². The average Bonchev–Trinajstić information content (AvgIpc) is 3.08. The van der Waals surface area contributed by atoms with Crippen molar-refractivity contribution in [3.05, 3.63) is 61.6 Å². The molecule has 0 aliphatic carbocycles. The van der Waals surface area contributed by atoms with Crippen LogP contribution in [0.3, 0.4) is 0 Å². The summed E-state index contributed by atoms with van der Waals surface area (Å²) in [5, 5.41) is 10.8. The summed E-state index contributed by atoms with van der Waals surface area (Å²) in [5.74, 6) is -0.329. The second-order valence-electron chi connectivity index (χ2n) is 9.64. The van der Waals surface area contributed by atoms with Gasteiger partial charge in [-0.05, 0) is 57.9 Å². The van der Waals surface area contributed by atoms with Gasteiger partial charge < -0.3 is 10.0 Å². The van der Waals surface area contributed by atoms with E-state index in [1.54, 1.807) is 13.8 Å². The third-order valence-electron chi connectivity index (χ3n) is 6.90. The van der Waals surface area contributed by atoms with E-state index in [-0.39, 0.29) is 24.5 Å². The van der Waals surface area contributed by atoms with Gasteiger partial charge in [-0.25, -0.2) is 9.68 Å². The maximum atomic E-state index is 13.1. The Kier molecular flexibility index (Phi) is 9.90. The molecule has 1 aromatic carbocycles. The van der Waals surface area contributed by atoms with Gasteiger partial charge >= 0.3 is 5.69 Å². The maximum Gasteiger partial charge on any atom is 0.333 e. The molecule has 1 N–H and O–H groups in total. The molecule has 1 aromatic heterocycles. The summed E-state index contributed by atoms with van der Waals surface area (Å²) in [6, 6.07) is 6.17. The monoisotopic (exact) mass is 529 g/mol. The Morgan fingerprint density at radius 3 is 2.41 bits per heavy atom. The molecule has 0 fully saturated rings. The molecule has 0 saturated heterocycles. The number of nitrogens with zero attached hydrogens (tertiary/aromatic N) is 3. The van der Waals surface area contributed by atoms with Gasteiger partial charge in [0.25, 0.3) is 5.56 Å². The van der Waals surface area contributed by atoms with Crippen molar-refractivity contribution in [3.63, 3.8) is 0 Å². The van der Waals surface area contributed by atoms with E-state index < -0.39 is 16.7 Å². The molecule has 8 nitrogen and oxygen atoms in total. The second-order valence-corrected chi connectivity index (χ2v) is 10.4. The minimum atomic E-state index is -0.516. The third-order valence-corrected chi connectivity index (χ3v) is 7.55. The quantitative estimate of drug-likeness (QED) is 0.126. The van der Waals surface area contributed by atoms with Gasteiger partial charge in [0.2, 0.25) is 5.88 Å². The number of hydrogen-bond acceptors (Lipinski definition) is 7. The molecule has 0 amide bonds. The van der Waals surface area contributed by atoms with Crippen molar-refractivity contribution in [2.45, 2.75) is 90.1 Å². The highest BCUT2D eigenvalue weighted by Crippen LogP contribution is 2.48. The van der Waals surface area contributed by atoms with Gasteiger partial charge in [-0.15, -0.1) is 0 Å². The van der Waals surface area contributed by atoms with Gasteiger partial charge in [0, 0.05) is 41.7 Å². The standard InChI is InChI=1S/C28H39N3O5S/c1-7-10-11-12-13-18-31-23-16-14-20(37-36-35-6)19-22(23)28(4,5)24(31)17-15-21-25(32)29(8-2)27(34)30(9-3)26(21)33/h14-16,19,32H,7-13,18H2,1-6H3. The van der Waals surface area contributed by atoms with Crippen molar-refractivity contribution in [1.29, 1.82) is 0 Å². The van der Waals surface area contributed by atoms with E-state index in [9.17, 15) is 14.7 Å². The first kappa shape index (κ1) is 28.9. The number of hydrogen-bond donors (Lipinski definition) is 1. The molecular weight excluding hydrogens is 490 g/mol. The van der Waals surface area contributed by atoms with Crippen LogP contribution in [-0.4, -0.2) is 27.9 Å². The molecule has 0 radical (unpaired) electrons. The van der Waals surface area contributed by atoms with Crippen molar-refractivity contribution in [3.8, 4) is 5.88 Å². The molecule has 0 unspecified atom stereocenters. The van der Waals surface area contributed by atoms with Crippen LogP contribution in [0.1, 0.15) is 77.8 Å². The van der Waals surface area contributed by atoms with E-state index >= 15 is 0 Å². The fourth-order valence-electron chi connectivity index (χ4n) is 4.87. The average molecular weight is 530 g/mol. The molecule has 37 heavy (non-hydrogen) atoms. The zero-order valence-electron chi connectivity index (χ0n) is 22.8. The van der Waals surface area contributed by atoms with E-state index in [1.807, 2.05) is 6.07 Å². The van der Waals surface area contributed by atoms with Crippen molar-refractivity contribution >= 4 is 23.8 Å². The fourth-order valence-corrected chi connectivity index (χ4v) is 5.30. The van der Waals surface area contributed by atoms with Gasteiger partial charge in [-0.3, -0.25) is 13.9 Å². The van der Waals surface area contributed by atoms with E-state index in [1.165, 1.54) is 37.0 Å². The first-order valence-corrected chi connectivity index (χ1v) is 13.8. The minimum Gasteiger partial charge on any atom is -0.494 e. The summed E-state index contributed by atoms with van der Waals surface area (Å²) in [6.45, 7) is 11.3. The first-order valence-electron chi connectivity index (χ1n) is 13.1. The molecule has 1 aliphatic rings. The summed E-state index contributed by atoms with van der Waals surface area (Å²) in [7, 11) is 1.47. The number of rotatable bonds is 12. The molecule has 0 spiro atoms. The molecule has 0 saturated carbocycles. The molecule has 0 bridgehead atoms. The second kappa shape index (κ2) is 12.7. The normalized spacial score (nSPS) is 14.1. The molecule has 9 heteroatoms. The zero-order chi connectivity index (χ0) is 27.2. The lowest BCUT2D eigenvalue weighted by Gasteiger charge is -2.25. The Bertz CT molecular complexity index is 1290. The Hall–Kier alpha value is -2.71. The highest BCUT2D eigenvalue weighted by Gasteiger charge is 2.40.